The van der Waals surface area contributed by atoms with Crippen LogP contribution in [0, 0.1) is 17.8 Å². The van der Waals surface area contributed by atoms with Gasteiger partial charge in [0.05, 0.1) is 11.5 Å². The standard InChI is InChI=1S/C17H27NO3.C4H4O4/c1-10-5-6-12-13(9-18(3)4)16(19)21-15(12)14-11(10)7-8-17(14,2)20;5-3(6)1-2-4(7)8/h12-15,20H,5-9H2,1-4H3;1-2H,(H,5,6)(H,7,8). The van der Waals surface area contributed by atoms with Gasteiger partial charge in [0.2, 0.25) is 0 Å². The van der Waals surface area contributed by atoms with E-state index in [2.05, 4.69) is 11.8 Å². The molecule has 0 radical (unpaired) electrons. The number of esters is 1. The van der Waals surface area contributed by atoms with Gasteiger partial charge >= 0.3 is 17.9 Å². The molecule has 5 unspecified atom stereocenters. The molecule has 1 saturated heterocycles. The molecular formula is C21H31NO7. The molecular weight excluding hydrogens is 378 g/mol. The smallest absolute Gasteiger partial charge is 0.328 e. The van der Waals surface area contributed by atoms with Crippen molar-refractivity contribution in [3.05, 3.63) is 23.3 Å². The number of carboxylic acid groups (broad SMARTS) is 2. The maximum Gasteiger partial charge on any atom is 0.328 e. The highest BCUT2D eigenvalue weighted by Gasteiger charge is 2.56. The molecule has 2 fully saturated rings. The normalized spacial score (nSPS) is 33.7. The van der Waals surface area contributed by atoms with Crippen LogP contribution in [0.5, 0.6) is 0 Å². The Balaban J connectivity index is 0.000000321. The lowest BCUT2D eigenvalue weighted by Crippen LogP contribution is -2.41. The van der Waals surface area contributed by atoms with Crippen LogP contribution in [0.4, 0.5) is 0 Å². The number of carbonyl (C=O) groups is 3. The number of carboxylic acids is 2. The molecule has 0 bridgehead atoms. The molecule has 2 aliphatic carbocycles. The summed E-state index contributed by atoms with van der Waals surface area (Å²) < 4.78 is 5.80. The average molecular weight is 409 g/mol. The Morgan fingerprint density at radius 2 is 1.79 bits per heavy atom. The number of ether oxygens (including phenoxy) is 1. The van der Waals surface area contributed by atoms with Crippen LogP contribution in [0.2, 0.25) is 0 Å². The van der Waals surface area contributed by atoms with Crippen molar-refractivity contribution in [2.24, 2.45) is 17.8 Å². The van der Waals surface area contributed by atoms with Crippen molar-refractivity contribution in [3.63, 3.8) is 0 Å². The molecule has 8 nitrogen and oxygen atoms in total. The van der Waals surface area contributed by atoms with Crippen LogP contribution in [0.3, 0.4) is 0 Å². The first-order valence-corrected chi connectivity index (χ1v) is 9.84. The van der Waals surface area contributed by atoms with Gasteiger partial charge in [-0.1, -0.05) is 11.1 Å². The zero-order chi connectivity index (χ0) is 21.9. The third-order valence-electron chi connectivity index (χ3n) is 6.10. The van der Waals surface area contributed by atoms with Gasteiger partial charge in [-0.2, -0.15) is 0 Å². The Bertz CT molecular complexity index is 707. The highest BCUT2D eigenvalue weighted by molar-refractivity contribution is 5.89. The number of fused-ring (bicyclic) bond motifs is 3. The van der Waals surface area contributed by atoms with E-state index in [1.165, 1.54) is 11.1 Å². The van der Waals surface area contributed by atoms with E-state index in [4.69, 9.17) is 14.9 Å². The largest absolute Gasteiger partial charge is 0.478 e. The van der Waals surface area contributed by atoms with Crippen LogP contribution < -0.4 is 0 Å². The summed E-state index contributed by atoms with van der Waals surface area (Å²) in [6.07, 6.45) is 4.74. The number of hydrogen-bond acceptors (Lipinski definition) is 6. The first-order valence-electron chi connectivity index (χ1n) is 9.84. The average Bonchev–Trinajstić information content (AvgIpc) is 3.02. The van der Waals surface area contributed by atoms with E-state index in [0.717, 1.165) is 32.2 Å². The molecule has 8 heteroatoms. The summed E-state index contributed by atoms with van der Waals surface area (Å²) in [5.74, 6) is -2.39. The number of carbonyl (C=O) groups excluding carboxylic acids is 1. The Labute approximate surface area is 170 Å². The second-order valence-electron chi connectivity index (χ2n) is 8.62. The number of rotatable bonds is 4. The minimum atomic E-state index is -1.26. The molecule has 1 saturated carbocycles. The Kier molecular flexibility index (Phi) is 7.24. The third-order valence-corrected chi connectivity index (χ3v) is 6.10. The molecule has 5 atom stereocenters. The first kappa shape index (κ1) is 23.1. The van der Waals surface area contributed by atoms with Crippen molar-refractivity contribution in [2.75, 3.05) is 20.6 Å². The molecule has 0 aromatic heterocycles. The van der Waals surface area contributed by atoms with Crippen LogP contribution in [-0.2, 0) is 19.1 Å². The fourth-order valence-corrected chi connectivity index (χ4v) is 4.79. The lowest BCUT2D eigenvalue weighted by molar-refractivity contribution is -0.148. The van der Waals surface area contributed by atoms with Gasteiger partial charge in [-0.05, 0) is 53.6 Å². The van der Waals surface area contributed by atoms with Crippen molar-refractivity contribution in [1.82, 2.24) is 4.90 Å². The van der Waals surface area contributed by atoms with E-state index >= 15 is 0 Å². The quantitative estimate of drug-likeness (QED) is 0.364. The molecule has 0 aromatic rings. The van der Waals surface area contributed by atoms with E-state index in [9.17, 15) is 19.5 Å². The van der Waals surface area contributed by atoms with Gasteiger partial charge in [-0.3, -0.25) is 4.79 Å². The number of nitrogens with zero attached hydrogens (tertiary/aromatic N) is 1. The van der Waals surface area contributed by atoms with Crippen molar-refractivity contribution < 1.29 is 34.4 Å². The highest BCUT2D eigenvalue weighted by atomic mass is 16.6. The fourth-order valence-electron chi connectivity index (χ4n) is 4.79. The van der Waals surface area contributed by atoms with Crippen molar-refractivity contribution in [2.45, 2.75) is 51.2 Å². The monoisotopic (exact) mass is 409 g/mol. The Morgan fingerprint density at radius 3 is 2.31 bits per heavy atom. The number of hydrogen-bond donors (Lipinski definition) is 3. The molecule has 0 aromatic carbocycles. The zero-order valence-electron chi connectivity index (χ0n) is 17.4. The van der Waals surface area contributed by atoms with Gasteiger partial charge in [-0.25, -0.2) is 9.59 Å². The molecule has 3 aliphatic rings. The van der Waals surface area contributed by atoms with Crippen LogP contribution in [0.1, 0.15) is 39.5 Å². The fraction of sp³-hybridized carbons (Fsp3) is 0.667. The van der Waals surface area contributed by atoms with Crippen LogP contribution in [0.25, 0.3) is 0 Å². The lowest BCUT2D eigenvalue weighted by atomic mass is 9.77. The van der Waals surface area contributed by atoms with E-state index in [-0.39, 0.29) is 29.8 Å². The van der Waals surface area contributed by atoms with Gasteiger partial charge in [0.15, 0.2) is 0 Å². The van der Waals surface area contributed by atoms with Crippen molar-refractivity contribution >= 4 is 17.9 Å². The van der Waals surface area contributed by atoms with Crippen LogP contribution >= 0.6 is 0 Å². The molecule has 3 rings (SSSR count). The van der Waals surface area contributed by atoms with Crippen LogP contribution in [-0.4, -0.2) is 70.5 Å². The minimum absolute atomic E-state index is 0.00103. The molecule has 1 heterocycles. The summed E-state index contributed by atoms with van der Waals surface area (Å²) in [5.41, 5.74) is 2.02. The number of allylic oxidation sites excluding steroid dienone is 1. The predicted molar refractivity (Wildman–Crippen MR) is 105 cm³/mol. The highest BCUT2D eigenvalue weighted by Crippen LogP contribution is 2.52. The van der Waals surface area contributed by atoms with Gasteiger partial charge in [0.1, 0.15) is 6.10 Å². The lowest BCUT2D eigenvalue weighted by Gasteiger charge is -2.33. The summed E-state index contributed by atoms with van der Waals surface area (Å²) in [6.45, 7) is 4.84. The summed E-state index contributed by atoms with van der Waals surface area (Å²) in [7, 11) is 4.00. The summed E-state index contributed by atoms with van der Waals surface area (Å²) in [4.78, 5) is 33.5. The van der Waals surface area contributed by atoms with Crippen molar-refractivity contribution in [1.29, 1.82) is 0 Å². The molecule has 162 valence electrons. The van der Waals surface area contributed by atoms with Crippen molar-refractivity contribution in [3.8, 4) is 0 Å². The first-order chi connectivity index (χ1) is 13.4. The maximum atomic E-state index is 12.3. The van der Waals surface area contributed by atoms with Gasteiger partial charge in [0.25, 0.3) is 0 Å². The van der Waals surface area contributed by atoms with E-state index < -0.39 is 17.5 Å². The summed E-state index contributed by atoms with van der Waals surface area (Å²) in [6, 6.07) is 0. The number of aliphatic carboxylic acids is 2. The Hall–Kier alpha value is -2.19. The molecule has 3 N–H and O–H groups in total. The van der Waals surface area contributed by atoms with E-state index in [1.54, 1.807) is 0 Å². The molecule has 1 aliphatic heterocycles. The minimum Gasteiger partial charge on any atom is -0.478 e. The maximum absolute atomic E-state index is 12.3. The zero-order valence-corrected chi connectivity index (χ0v) is 17.4. The molecule has 29 heavy (non-hydrogen) atoms. The van der Waals surface area contributed by atoms with Gasteiger partial charge < -0.3 is 25.0 Å². The second kappa shape index (κ2) is 9.09. The van der Waals surface area contributed by atoms with E-state index in [0.29, 0.717) is 12.2 Å². The summed E-state index contributed by atoms with van der Waals surface area (Å²) in [5, 5.41) is 26.4. The third kappa shape index (κ3) is 5.45. The summed E-state index contributed by atoms with van der Waals surface area (Å²) >= 11 is 0. The molecule has 0 amide bonds. The topological polar surface area (TPSA) is 124 Å². The second-order valence-corrected chi connectivity index (χ2v) is 8.62. The molecule has 0 spiro atoms. The van der Waals surface area contributed by atoms with Gasteiger partial charge in [0, 0.05) is 30.5 Å². The SMILES string of the molecule is CC1=C2CCC(C)(O)C2C2OC(=O)C(CN(C)C)C2CC1.O=C(O)C=CC(=O)O. The Morgan fingerprint density at radius 1 is 1.21 bits per heavy atom. The predicted octanol–water partition coefficient (Wildman–Crippen LogP) is 1.69. The van der Waals surface area contributed by atoms with Crippen LogP contribution in [0.15, 0.2) is 23.3 Å². The number of aliphatic hydroxyl groups is 1. The van der Waals surface area contributed by atoms with Gasteiger partial charge in [-0.15, -0.1) is 0 Å². The van der Waals surface area contributed by atoms with E-state index in [1.807, 2.05) is 21.0 Å².